The maximum atomic E-state index is 5.35. The summed E-state index contributed by atoms with van der Waals surface area (Å²) in [6, 6.07) is 17.9. The first-order valence-corrected chi connectivity index (χ1v) is 8.60. The highest BCUT2D eigenvalue weighted by Crippen LogP contribution is 2.35. The Kier molecular flexibility index (Phi) is 6.97. The SMILES string of the molecule is CC.CN=Nc1cc(C)c(N=Nc2ccc3ccccc3c2)cc1OC. The second-order valence-electron chi connectivity index (χ2n) is 5.34. The highest BCUT2D eigenvalue weighted by molar-refractivity contribution is 5.85. The van der Waals surface area contributed by atoms with Crippen molar-refractivity contribution in [1.29, 1.82) is 0 Å². The minimum atomic E-state index is 0.624. The molecule has 0 unspecified atom stereocenters. The maximum absolute atomic E-state index is 5.35. The van der Waals surface area contributed by atoms with Crippen LogP contribution in [0.4, 0.5) is 17.1 Å². The van der Waals surface area contributed by atoms with Crippen LogP contribution in [-0.4, -0.2) is 14.2 Å². The minimum Gasteiger partial charge on any atom is -0.494 e. The molecule has 3 rings (SSSR count). The van der Waals surface area contributed by atoms with Gasteiger partial charge < -0.3 is 4.74 Å². The summed E-state index contributed by atoms with van der Waals surface area (Å²) in [6.07, 6.45) is 0. The molecule has 26 heavy (non-hydrogen) atoms. The molecule has 5 nitrogen and oxygen atoms in total. The molecule has 0 atom stereocenters. The highest BCUT2D eigenvalue weighted by Gasteiger charge is 2.07. The summed E-state index contributed by atoms with van der Waals surface area (Å²) in [7, 11) is 3.23. The molecule has 5 heteroatoms. The zero-order chi connectivity index (χ0) is 18.9. The van der Waals surface area contributed by atoms with Crippen molar-refractivity contribution in [2.45, 2.75) is 20.8 Å². The number of azo groups is 2. The average molecular weight is 348 g/mol. The van der Waals surface area contributed by atoms with E-state index in [1.54, 1.807) is 14.2 Å². The van der Waals surface area contributed by atoms with Crippen LogP contribution in [0.3, 0.4) is 0 Å². The monoisotopic (exact) mass is 348 g/mol. The molecule has 0 amide bonds. The van der Waals surface area contributed by atoms with Crippen molar-refractivity contribution in [1.82, 2.24) is 0 Å². The van der Waals surface area contributed by atoms with Crippen LogP contribution in [0.25, 0.3) is 10.8 Å². The predicted octanol–water partition coefficient (Wildman–Crippen LogP) is 7.31. The van der Waals surface area contributed by atoms with Gasteiger partial charge in [0, 0.05) is 13.1 Å². The van der Waals surface area contributed by atoms with Gasteiger partial charge in [0.1, 0.15) is 11.4 Å². The third-order valence-electron chi connectivity index (χ3n) is 3.71. The van der Waals surface area contributed by atoms with Gasteiger partial charge in [0.2, 0.25) is 0 Å². The Balaban J connectivity index is 0.00000117. The van der Waals surface area contributed by atoms with Gasteiger partial charge in [0.05, 0.1) is 18.5 Å². The average Bonchev–Trinajstić information content (AvgIpc) is 2.69. The van der Waals surface area contributed by atoms with Gasteiger partial charge in [0.15, 0.2) is 0 Å². The van der Waals surface area contributed by atoms with Gasteiger partial charge in [-0.2, -0.15) is 20.5 Å². The lowest BCUT2D eigenvalue weighted by Crippen LogP contribution is -1.85. The van der Waals surface area contributed by atoms with E-state index in [0.717, 1.165) is 22.3 Å². The fourth-order valence-corrected chi connectivity index (χ4v) is 2.47. The molecule has 0 aliphatic rings. The molecule has 0 spiro atoms. The van der Waals surface area contributed by atoms with Crippen LogP contribution in [0.15, 0.2) is 75.1 Å². The van der Waals surface area contributed by atoms with E-state index in [9.17, 15) is 0 Å². The van der Waals surface area contributed by atoms with E-state index in [1.807, 2.05) is 63.2 Å². The van der Waals surface area contributed by atoms with Crippen molar-refractivity contribution in [2.75, 3.05) is 14.2 Å². The first-order chi connectivity index (χ1) is 12.7. The zero-order valence-electron chi connectivity index (χ0n) is 15.9. The summed E-state index contributed by atoms with van der Waals surface area (Å²) >= 11 is 0. The van der Waals surface area contributed by atoms with Crippen LogP contribution < -0.4 is 4.74 Å². The number of aryl methyl sites for hydroxylation is 1. The van der Waals surface area contributed by atoms with Crippen LogP contribution in [0.1, 0.15) is 19.4 Å². The number of hydrogen-bond acceptors (Lipinski definition) is 5. The lowest BCUT2D eigenvalue weighted by molar-refractivity contribution is 0.416. The summed E-state index contributed by atoms with van der Waals surface area (Å²) in [5.74, 6) is 0.624. The minimum absolute atomic E-state index is 0.624. The van der Waals surface area contributed by atoms with Gasteiger partial charge in [-0.1, -0.05) is 44.2 Å². The van der Waals surface area contributed by atoms with Crippen LogP contribution in [0.2, 0.25) is 0 Å². The largest absolute Gasteiger partial charge is 0.494 e. The smallest absolute Gasteiger partial charge is 0.148 e. The summed E-state index contributed by atoms with van der Waals surface area (Å²) in [5.41, 5.74) is 3.20. The second-order valence-corrected chi connectivity index (χ2v) is 5.34. The Bertz CT molecular complexity index is 932. The van der Waals surface area contributed by atoms with E-state index >= 15 is 0 Å². The van der Waals surface area contributed by atoms with Gasteiger partial charge in [-0.25, -0.2) is 0 Å². The fourth-order valence-electron chi connectivity index (χ4n) is 2.47. The highest BCUT2D eigenvalue weighted by atomic mass is 16.5. The molecular formula is C21H24N4O. The normalized spacial score (nSPS) is 11.0. The number of nitrogens with zero attached hydrogens (tertiary/aromatic N) is 4. The van der Waals surface area contributed by atoms with Crippen LogP contribution in [0, 0.1) is 6.92 Å². The zero-order valence-corrected chi connectivity index (χ0v) is 15.9. The Morgan fingerprint density at radius 2 is 1.50 bits per heavy atom. The molecule has 0 heterocycles. The standard InChI is InChI=1S/C19H18N4O.C2H6/c1-13-10-18(22-20-2)19(24-3)12-17(13)23-21-16-9-8-14-6-4-5-7-15(14)11-16;1-2/h4-12H,1-3H3;1-2H3. The molecule has 3 aromatic carbocycles. The molecule has 0 aromatic heterocycles. The Morgan fingerprint density at radius 3 is 2.19 bits per heavy atom. The topological polar surface area (TPSA) is 58.7 Å². The Morgan fingerprint density at radius 1 is 0.769 bits per heavy atom. The van der Waals surface area contributed by atoms with Crippen LogP contribution in [-0.2, 0) is 0 Å². The van der Waals surface area contributed by atoms with Crippen molar-refractivity contribution in [3.05, 3.63) is 60.2 Å². The van der Waals surface area contributed by atoms with Crippen molar-refractivity contribution in [3.63, 3.8) is 0 Å². The summed E-state index contributed by atoms with van der Waals surface area (Å²) in [4.78, 5) is 0. The number of benzene rings is 3. The third-order valence-corrected chi connectivity index (χ3v) is 3.71. The molecule has 0 N–H and O–H groups in total. The van der Waals surface area contributed by atoms with Gasteiger partial charge in [-0.05, 0) is 41.5 Å². The molecule has 0 saturated heterocycles. The van der Waals surface area contributed by atoms with Gasteiger partial charge in [-0.3, -0.25) is 0 Å². The first kappa shape index (κ1) is 19.2. The van der Waals surface area contributed by atoms with E-state index in [0.29, 0.717) is 11.4 Å². The first-order valence-electron chi connectivity index (χ1n) is 8.60. The number of ether oxygens (including phenoxy) is 1. The van der Waals surface area contributed by atoms with Gasteiger partial charge >= 0.3 is 0 Å². The molecule has 0 bridgehead atoms. The molecule has 3 aromatic rings. The van der Waals surface area contributed by atoms with E-state index in [2.05, 4.69) is 32.6 Å². The number of methoxy groups -OCH3 is 1. The van der Waals surface area contributed by atoms with E-state index in [4.69, 9.17) is 4.74 Å². The van der Waals surface area contributed by atoms with Crippen molar-refractivity contribution < 1.29 is 4.74 Å². The van der Waals surface area contributed by atoms with E-state index in [1.165, 1.54) is 5.39 Å². The summed E-state index contributed by atoms with van der Waals surface area (Å²) < 4.78 is 5.35. The quantitative estimate of drug-likeness (QED) is 0.456. The fraction of sp³-hybridized carbons (Fsp3) is 0.238. The number of hydrogen-bond donors (Lipinski definition) is 0. The maximum Gasteiger partial charge on any atom is 0.148 e. The third kappa shape index (κ3) is 4.51. The second kappa shape index (κ2) is 9.42. The van der Waals surface area contributed by atoms with Crippen LogP contribution in [0.5, 0.6) is 5.75 Å². The number of rotatable bonds is 4. The molecule has 0 aliphatic heterocycles. The van der Waals surface area contributed by atoms with Gasteiger partial charge in [-0.15, -0.1) is 0 Å². The lowest BCUT2D eigenvalue weighted by Gasteiger charge is -2.07. The van der Waals surface area contributed by atoms with E-state index in [-0.39, 0.29) is 0 Å². The summed E-state index contributed by atoms with van der Waals surface area (Å²) in [5, 5.41) is 18.9. The predicted molar refractivity (Wildman–Crippen MR) is 108 cm³/mol. The van der Waals surface area contributed by atoms with Gasteiger partial charge in [0.25, 0.3) is 0 Å². The molecule has 0 fully saturated rings. The molecule has 0 radical (unpaired) electrons. The van der Waals surface area contributed by atoms with Crippen LogP contribution >= 0.6 is 0 Å². The lowest BCUT2D eigenvalue weighted by atomic mass is 10.1. The summed E-state index contributed by atoms with van der Waals surface area (Å²) in [6.45, 7) is 5.96. The molecule has 0 saturated carbocycles. The van der Waals surface area contributed by atoms with Crippen molar-refractivity contribution >= 4 is 27.8 Å². The Hall–Kier alpha value is -3.08. The van der Waals surface area contributed by atoms with E-state index < -0.39 is 0 Å². The Labute approximate surface area is 154 Å². The van der Waals surface area contributed by atoms with Crippen molar-refractivity contribution in [2.24, 2.45) is 20.5 Å². The molecule has 134 valence electrons. The molecule has 0 aliphatic carbocycles. The number of fused-ring (bicyclic) bond motifs is 1. The molecular weight excluding hydrogens is 324 g/mol. The van der Waals surface area contributed by atoms with Crippen molar-refractivity contribution in [3.8, 4) is 5.75 Å².